The monoisotopic (exact) mass is 250 g/mol. The Morgan fingerprint density at radius 1 is 1.54 bits per heavy atom. The first-order valence-corrected chi connectivity index (χ1v) is 4.07. The van der Waals surface area contributed by atoms with Gasteiger partial charge in [-0.05, 0) is 22.0 Å². The molecule has 0 saturated heterocycles. The SMILES string of the molecule is COc1c(C=O)cc(F)c(Br)c1F. The van der Waals surface area contributed by atoms with Gasteiger partial charge in [0.2, 0.25) is 0 Å². The molecule has 0 amide bonds. The molecular weight excluding hydrogens is 246 g/mol. The Kier molecular flexibility index (Phi) is 2.98. The minimum atomic E-state index is -0.912. The summed E-state index contributed by atoms with van der Waals surface area (Å²) < 4.78 is 30.2. The van der Waals surface area contributed by atoms with E-state index in [0.717, 1.165) is 6.07 Å². The lowest BCUT2D eigenvalue weighted by Gasteiger charge is -2.06. The number of ether oxygens (including phenoxy) is 1. The summed E-state index contributed by atoms with van der Waals surface area (Å²) in [5, 5.41) is 0. The zero-order chi connectivity index (χ0) is 10.0. The van der Waals surface area contributed by atoms with Gasteiger partial charge in [-0.25, -0.2) is 8.78 Å². The van der Waals surface area contributed by atoms with Gasteiger partial charge in [0.05, 0.1) is 17.1 Å². The molecule has 0 spiro atoms. The molecule has 0 aliphatic rings. The van der Waals surface area contributed by atoms with Crippen molar-refractivity contribution in [2.75, 3.05) is 7.11 Å². The van der Waals surface area contributed by atoms with Crippen molar-refractivity contribution < 1.29 is 18.3 Å². The number of hydrogen-bond acceptors (Lipinski definition) is 2. The summed E-state index contributed by atoms with van der Waals surface area (Å²) >= 11 is 2.69. The minimum absolute atomic E-state index is 0.152. The molecule has 0 fully saturated rings. The molecule has 0 unspecified atom stereocenters. The molecule has 0 atom stereocenters. The van der Waals surface area contributed by atoms with Crippen molar-refractivity contribution in [2.45, 2.75) is 0 Å². The smallest absolute Gasteiger partial charge is 0.182 e. The Bertz CT molecular complexity index is 352. The zero-order valence-corrected chi connectivity index (χ0v) is 8.19. The van der Waals surface area contributed by atoms with Crippen LogP contribution in [0.3, 0.4) is 0 Å². The first-order valence-electron chi connectivity index (χ1n) is 3.28. The molecule has 0 aliphatic heterocycles. The van der Waals surface area contributed by atoms with Crippen molar-refractivity contribution in [3.63, 3.8) is 0 Å². The summed E-state index contributed by atoms with van der Waals surface area (Å²) in [6.45, 7) is 0. The zero-order valence-electron chi connectivity index (χ0n) is 6.61. The predicted octanol–water partition coefficient (Wildman–Crippen LogP) is 2.55. The van der Waals surface area contributed by atoms with E-state index < -0.39 is 11.6 Å². The summed E-state index contributed by atoms with van der Waals surface area (Å²) in [6.07, 6.45) is 0.331. The summed E-state index contributed by atoms with van der Waals surface area (Å²) in [4.78, 5) is 10.4. The van der Waals surface area contributed by atoms with E-state index in [1.54, 1.807) is 0 Å². The number of methoxy groups -OCH3 is 1. The summed E-state index contributed by atoms with van der Waals surface area (Å²) in [7, 11) is 1.20. The Balaban J connectivity index is 3.47. The molecule has 0 bridgehead atoms. The van der Waals surface area contributed by atoms with Crippen LogP contribution in [0, 0.1) is 11.6 Å². The molecule has 1 rings (SSSR count). The van der Waals surface area contributed by atoms with Crippen molar-refractivity contribution in [1.82, 2.24) is 0 Å². The highest BCUT2D eigenvalue weighted by molar-refractivity contribution is 9.10. The molecule has 0 heterocycles. The van der Waals surface area contributed by atoms with Gasteiger partial charge < -0.3 is 4.74 Å². The van der Waals surface area contributed by atoms with E-state index in [1.807, 2.05) is 0 Å². The van der Waals surface area contributed by atoms with Crippen molar-refractivity contribution in [3.8, 4) is 5.75 Å². The van der Waals surface area contributed by atoms with Crippen molar-refractivity contribution in [1.29, 1.82) is 0 Å². The maximum absolute atomic E-state index is 13.1. The Morgan fingerprint density at radius 2 is 2.15 bits per heavy atom. The summed E-state index contributed by atoms with van der Waals surface area (Å²) in [5.41, 5.74) is -0.152. The molecule has 13 heavy (non-hydrogen) atoms. The fraction of sp³-hybridized carbons (Fsp3) is 0.125. The molecule has 1 aromatic rings. The third-order valence-electron chi connectivity index (χ3n) is 1.48. The van der Waals surface area contributed by atoms with E-state index >= 15 is 0 Å². The number of benzene rings is 1. The van der Waals surface area contributed by atoms with Crippen LogP contribution in [0.15, 0.2) is 10.5 Å². The summed E-state index contributed by atoms with van der Waals surface area (Å²) in [5.74, 6) is -2.01. The van der Waals surface area contributed by atoms with Crippen LogP contribution in [0.2, 0.25) is 0 Å². The average molecular weight is 251 g/mol. The van der Waals surface area contributed by atoms with Crippen LogP contribution in [0.4, 0.5) is 8.78 Å². The molecule has 0 saturated carbocycles. The van der Waals surface area contributed by atoms with Gasteiger partial charge in [0, 0.05) is 0 Å². The molecule has 5 heteroatoms. The van der Waals surface area contributed by atoms with Crippen LogP contribution >= 0.6 is 15.9 Å². The molecular formula is C8H5BrF2O2. The van der Waals surface area contributed by atoms with Crippen molar-refractivity contribution >= 4 is 22.2 Å². The van der Waals surface area contributed by atoms with Crippen LogP contribution in [0.25, 0.3) is 0 Å². The van der Waals surface area contributed by atoms with Gasteiger partial charge in [0.15, 0.2) is 17.9 Å². The van der Waals surface area contributed by atoms with Crippen LogP contribution in [-0.2, 0) is 0 Å². The fourth-order valence-electron chi connectivity index (χ4n) is 0.892. The van der Waals surface area contributed by atoms with E-state index in [4.69, 9.17) is 0 Å². The topological polar surface area (TPSA) is 26.3 Å². The second kappa shape index (κ2) is 3.83. The second-order valence-electron chi connectivity index (χ2n) is 2.23. The summed E-state index contributed by atoms with van der Waals surface area (Å²) in [6, 6.07) is 0.902. The lowest BCUT2D eigenvalue weighted by atomic mass is 10.2. The van der Waals surface area contributed by atoms with Gasteiger partial charge in [0.1, 0.15) is 5.82 Å². The Labute approximate surface area is 81.6 Å². The maximum atomic E-state index is 13.1. The van der Waals surface area contributed by atoms with Gasteiger partial charge in [0.25, 0.3) is 0 Å². The average Bonchev–Trinajstić information content (AvgIpc) is 2.13. The number of aldehydes is 1. The molecule has 0 radical (unpaired) electrons. The van der Waals surface area contributed by atoms with E-state index in [0.29, 0.717) is 6.29 Å². The van der Waals surface area contributed by atoms with E-state index in [9.17, 15) is 13.6 Å². The number of hydrogen-bond donors (Lipinski definition) is 0. The van der Waals surface area contributed by atoms with Crippen molar-refractivity contribution in [3.05, 3.63) is 27.7 Å². The maximum Gasteiger partial charge on any atom is 0.182 e. The van der Waals surface area contributed by atoms with E-state index in [-0.39, 0.29) is 15.8 Å². The molecule has 0 aromatic heterocycles. The quantitative estimate of drug-likeness (QED) is 0.596. The highest BCUT2D eigenvalue weighted by Crippen LogP contribution is 2.30. The van der Waals surface area contributed by atoms with Gasteiger partial charge >= 0.3 is 0 Å². The molecule has 70 valence electrons. The normalized spacial score (nSPS) is 9.85. The van der Waals surface area contributed by atoms with Gasteiger partial charge in [-0.15, -0.1) is 0 Å². The lowest BCUT2D eigenvalue weighted by molar-refractivity contribution is 0.111. The van der Waals surface area contributed by atoms with Crippen LogP contribution in [0.5, 0.6) is 5.75 Å². The first kappa shape index (κ1) is 10.1. The van der Waals surface area contributed by atoms with Crippen molar-refractivity contribution in [2.24, 2.45) is 0 Å². The van der Waals surface area contributed by atoms with Crippen LogP contribution in [-0.4, -0.2) is 13.4 Å². The fourth-order valence-corrected chi connectivity index (χ4v) is 1.19. The molecule has 1 aromatic carbocycles. The van der Waals surface area contributed by atoms with Gasteiger partial charge in [-0.1, -0.05) is 0 Å². The lowest BCUT2D eigenvalue weighted by Crippen LogP contribution is -1.97. The number of carbonyl (C=O) groups is 1. The highest BCUT2D eigenvalue weighted by atomic mass is 79.9. The molecule has 0 aliphatic carbocycles. The van der Waals surface area contributed by atoms with E-state index in [1.165, 1.54) is 7.11 Å². The standard InChI is InChI=1S/C8H5BrF2O2/c1-13-8-4(3-12)2-5(10)6(9)7(8)11/h2-3H,1H3. The molecule has 2 nitrogen and oxygen atoms in total. The third kappa shape index (κ3) is 1.70. The molecule has 0 N–H and O–H groups in total. The predicted molar refractivity (Wildman–Crippen MR) is 46.0 cm³/mol. The Hall–Kier alpha value is -0.970. The van der Waals surface area contributed by atoms with Gasteiger partial charge in [-0.2, -0.15) is 0 Å². The first-order chi connectivity index (χ1) is 6.11. The third-order valence-corrected chi connectivity index (χ3v) is 2.20. The Morgan fingerprint density at radius 3 is 2.62 bits per heavy atom. The van der Waals surface area contributed by atoms with Crippen LogP contribution < -0.4 is 4.74 Å². The van der Waals surface area contributed by atoms with Crippen LogP contribution in [0.1, 0.15) is 10.4 Å². The van der Waals surface area contributed by atoms with Gasteiger partial charge in [-0.3, -0.25) is 4.79 Å². The minimum Gasteiger partial charge on any atom is -0.493 e. The number of carbonyl (C=O) groups excluding carboxylic acids is 1. The highest BCUT2D eigenvalue weighted by Gasteiger charge is 2.16. The number of rotatable bonds is 2. The number of halogens is 3. The second-order valence-corrected chi connectivity index (χ2v) is 3.02. The largest absolute Gasteiger partial charge is 0.493 e. The van der Waals surface area contributed by atoms with E-state index in [2.05, 4.69) is 20.7 Å².